The summed E-state index contributed by atoms with van der Waals surface area (Å²) in [5.74, 6) is -0.352. The van der Waals surface area contributed by atoms with E-state index in [1.54, 1.807) is 25.7 Å². The zero-order chi connectivity index (χ0) is 15.6. The fourth-order valence-electron chi connectivity index (χ4n) is 2.85. The van der Waals surface area contributed by atoms with Crippen molar-refractivity contribution in [2.45, 2.75) is 33.2 Å². The first-order valence-electron chi connectivity index (χ1n) is 7.07. The number of carboxylic acid groups (broad SMARTS) is 1. The molecule has 116 valence electrons. The minimum Gasteiger partial charge on any atom is -0.480 e. The van der Waals surface area contributed by atoms with E-state index < -0.39 is 12.0 Å². The molecule has 0 aliphatic carbocycles. The van der Waals surface area contributed by atoms with Gasteiger partial charge < -0.3 is 14.5 Å². The number of rotatable bonds is 3. The van der Waals surface area contributed by atoms with Crippen LogP contribution in [0.5, 0.6) is 0 Å². The molecule has 1 saturated heterocycles. The smallest absolute Gasteiger partial charge is 0.325 e. The number of amides is 1. The highest BCUT2D eigenvalue weighted by atomic mass is 16.5. The molecule has 0 spiro atoms. The summed E-state index contributed by atoms with van der Waals surface area (Å²) in [6.45, 7) is 7.39. The SMILES string of the molecule is CC(=O)N1CCCN([C@@H](C(=O)O)c2c(C)noc2C)CC1. The van der Waals surface area contributed by atoms with Crippen LogP contribution in [-0.4, -0.2) is 58.1 Å². The number of aryl methyl sites for hydroxylation is 2. The summed E-state index contributed by atoms with van der Waals surface area (Å²) in [5, 5.41) is 13.5. The lowest BCUT2D eigenvalue weighted by Gasteiger charge is -2.27. The summed E-state index contributed by atoms with van der Waals surface area (Å²) in [6.07, 6.45) is 0.757. The van der Waals surface area contributed by atoms with Crippen LogP contribution in [0.15, 0.2) is 4.52 Å². The molecule has 1 aromatic rings. The normalized spacial score (nSPS) is 18.3. The summed E-state index contributed by atoms with van der Waals surface area (Å²) in [6, 6.07) is -0.775. The van der Waals surface area contributed by atoms with E-state index in [0.717, 1.165) is 6.42 Å². The van der Waals surface area contributed by atoms with Crippen LogP contribution in [0, 0.1) is 13.8 Å². The second-order valence-corrected chi connectivity index (χ2v) is 5.37. The molecule has 2 heterocycles. The third-order valence-corrected chi connectivity index (χ3v) is 3.94. The largest absolute Gasteiger partial charge is 0.480 e. The molecule has 0 unspecified atom stereocenters. The number of carbonyl (C=O) groups is 2. The van der Waals surface area contributed by atoms with Gasteiger partial charge in [-0.05, 0) is 20.3 Å². The first kappa shape index (κ1) is 15.5. The van der Waals surface area contributed by atoms with Gasteiger partial charge in [0.25, 0.3) is 0 Å². The van der Waals surface area contributed by atoms with Crippen LogP contribution >= 0.6 is 0 Å². The molecule has 1 N–H and O–H groups in total. The summed E-state index contributed by atoms with van der Waals surface area (Å²) in [4.78, 5) is 26.8. The Labute approximate surface area is 123 Å². The van der Waals surface area contributed by atoms with Gasteiger partial charge in [0.2, 0.25) is 5.91 Å². The van der Waals surface area contributed by atoms with Gasteiger partial charge in [0.15, 0.2) is 0 Å². The molecule has 0 saturated carbocycles. The molecule has 1 aliphatic rings. The Morgan fingerprint density at radius 1 is 1.24 bits per heavy atom. The number of nitrogens with zero attached hydrogens (tertiary/aromatic N) is 3. The summed E-state index contributed by atoms with van der Waals surface area (Å²) in [5.41, 5.74) is 1.23. The van der Waals surface area contributed by atoms with Gasteiger partial charge in [0, 0.05) is 38.7 Å². The average molecular weight is 295 g/mol. The van der Waals surface area contributed by atoms with Crippen LogP contribution in [0.4, 0.5) is 0 Å². The predicted octanol–water partition coefficient (Wildman–Crippen LogP) is 0.971. The van der Waals surface area contributed by atoms with Crippen molar-refractivity contribution in [3.05, 3.63) is 17.0 Å². The molecule has 1 atom stereocenters. The quantitative estimate of drug-likeness (QED) is 0.894. The summed E-state index contributed by atoms with van der Waals surface area (Å²) < 4.78 is 5.10. The van der Waals surface area contributed by atoms with Crippen LogP contribution < -0.4 is 0 Å². The molecule has 1 amide bonds. The number of carbonyl (C=O) groups excluding carboxylic acids is 1. The molecule has 1 aromatic heterocycles. The van der Waals surface area contributed by atoms with Crippen molar-refractivity contribution >= 4 is 11.9 Å². The third kappa shape index (κ3) is 3.24. The predicted molar refractivity (Wildman–Crippen MR) is 74.8 cm³/mol. The molecule has 7 heteroatoms. The van der Waals surface area contributed by atoms with Crippen molar-refractivity contribution in [2.75, 3.05) is 26.2 Å². The van der Waals surface area contributed by atoms with Gasteiger partial charge >= 0.3 is 5.97 Å². The van der Waals surface area contributed by atoms with E-state index in [9.17, 15) is 14.7 Å². The third-order valence-electron chi connectivity index (χ3n) is 3.94. The maximum Gasteiger partial charge on any atom is 0.325 e. The van der Waals surface area contributed by atoms with Gasteiger partial charge in [0.05, 0.1) is 5.69 Å². The average Bonchev–Trinajstić information content (AvgIpc) is 2.65. The van der Waals surface area contributed by atoms with E-state index in [0.29, 0.717) is 43.2 Å². The maximum absolute atomic E-state index is 11.7. The van der Waals surface area contributed by atoms with Crippen LogP contribution in [0.1, 0.15) is 36.4 Å². The topological polar surface area (TPSA) is 86.9 Å². The number of carboxylic acids is 1. The molecule has 7 nitrogen and oxygen atoms in total. The van der Waals surface area contributed by atoms with Gasteiger partial charge in [-0.2, -0.15) is 0 Å². The Hall–Kier alpha value is -1.89. The fourth-order valence-corrected chi connectivity index (χ4v) is 2.85. The number of aliphatic carboxylic acids is 1. The highest BCUT2D eigenvalue weighted by Gasteiger charge is 2.33. The summed E-state index contributed by atoms with van der Waals surface area (Å²) in [7, 11) is 0. The van der Waals surface area contributed by atoms with Crippen molar-refractivity contribution in [3.8, 4) is 0 Å². The van der Waals surface area contributed by atoms with Gasteiger partial charge in [-0.1, -0.05) is 5.16 Å². The maximum atomic E-state index is 11.7. The highest BCUT2D eigenvalue weighted by molar-refractivity contribution is 5.76. The molecule has 2 rings (SSSR count). The number of aromatic nitrogens is 1. The van der Waals surface area contributed by atoms with Gasteiger partial charge in [-0.25, -0.2) is 0 Å². The van der Waals surface area contributed by atoms with Crippen LogP contribution in [-0.2, 0) is 9.59 Å². The van der Waals surface area contributed by atoms with E-state index in [4.69, 9.17) is 4.52 Å². The van der Waals surface area contributed by atoms with E-state index in [1.807, 2.05) is 4.90 Å². The molecule has 0 bridgehead atoms. The second kappa shape index (κ2) is 6.26. The number of hydrogen-bond acceptors (Lipinski definition) is 5. The molecular formula is C14H21N3O4. The Balaban J connectivity index is 2.24. The van der Waals surface area contributed by atoms with E-state index in [1.165, 1.54) is 0 Å². The lowest BCUT2D eigenvalue weighted by atomic mass is 10.0. The van der Waals surface area contributed by atoms with E-state index >= 15 is 0 Å². The standard InChI is InChI=1S/C14H21N3O4/c1-9-12(10(2)21-15-9)13(14(19)20)17-6-4-5-16(7-8-17)11(3)18/h13H,4-8H2,1-3H3,(H,19,20)/t13-/m1/s1. The number of hydrogen-bond donors (Lipinski definition) is 1. The van der Waals surface area contributed by atoms with Crippen molar-refractivity contribution in [1.82, 2.24) is 15.0 Å². The molecule has 1 fully saturated rings. The molecule has 0 aromatic carbocycles. The zero-order valence-corrected chi connectivity index (χ0v) is 12.6. The minimum absolute atomic E-state index is 0.0288. The monoisotopic (exact) mass is 295 g/mol. The van der Waals surface area contributed by atoms with E-state index in [-0.39, 0.29) is 5.91 Å². The van der Waals surface area contributed by atoms with Gasteiger partial charge in [-0.15, -0.1) is 0 Å². The summed E-state index contributed by atoms with van der Waals surface area (Å²) >= 11 is 0. The Bertz CT molecular complexity index is 521. The second-order valence-electron chi connectivity index (χ2n) is 5.37. The van der Waals surface area contributed by atoms with Gasteiger partial charge in [0.1, 0.15) is 11.8 Å². The minimum atomic E-state index is -0.916. The zero-order valence-electron chi connectivity index (χ0n) is 12.6. The first-order chi connectivity index (χ1) is 9.91. The van der Waals surface area contributed by atoms with Crippen molar-refractivity contribution < 1.29 is 19.2 Å². The Morgan fingerprint density at radius 2 is 1.95 bits per heavy atom. The fraction of sp³-hybridized carbons (Fsp3) is 0.643. The highest BCUT2D eigenvalue weighted by Crippen LogP contribution is 2.28. The van der Waals surface area contributed by atoms with E-state index in [2.05, 4.69) is 5.16 Å². The molecule has 1 aliphatic heterocycles. The van der Waals surface area contributed by atoms with Crippen molar-refractivity contribution in [1.29, 1.82) is 0 Å². The lowest BCUT2D eigenvalue weighted by molar-refractivity contribution is -0.143. The molecular weight excluding hydrogens is 274 g/mol. The van der Waals surface area contributed by atoms with Crippen LogP contribution in [0.2, 0.25) is 0 Å². The lowest BCUT2D eigenvalue weighted by Crippen LogP contribution is -2.38. The van der Waals surface area contributed by atoms with Crippen molar-refractivity contribution in [2.24, 2.45) is 0 Å². The Morgan fingerprint density at radius 3 is 2.48 bits per heavy atom. The van der Waals surface area contributed by atoms with Crippen LogP contribution in [0.25, 0.3) is 0 Å². The Kier molecular flexibility index (Phi) is 4.62. The first-order valence-corrected chi connectivity index (χ1v) is 7.07. The van der Waals surface area contributed by atoms with Crippen molar-refractivity contribution in [3.63, 3.8) is 0 Å². The molecule has 21 heavy (non-hydrogen) atoms. The van der Waals surface area contributed by atoms with Crippen LogP contribution in [0.3, 0.4) is 0 Å². The van der Waals surface area contributed by atoms with Gasteiger partial charge in [-0.3, -0.25) is 14.5 Å². The molecule has 0 radical (unpaired) electrons.